The minimum atomic E-state index is -0.320. The maximum absolute atomic E-state index is 12.3. The number of methoxy groups -OCH3 is 2. The van der Waals surface area contributed by atoms with Gasteiger partial charge in [0.25, 0.3) is 5.91 Å². The van der Waals surface area contributed by atoms with Gasteiger partial charge in [0.05, 0.1) is 19.2 Å². The van der Waals surface area contributed by atoms with Gasteiger partial charge in [-0.2, -0.15) is 0 Å². The predicted octanol–water partition coefficient (Wildman–Crippen LogP) is 3.19. The number of hydrogen-bond donors (Lipinski definition) is 2. The highest BCUT2D eigenvalue weighted by Gasteiger charge is 2.14. The number of carbonyl (C=O) groups is 1. The molecule has 2 aromatic carbocycles. The Hall–Kier alpha value is -2.40. The van der Waals surface area contributed by atoms with Gasteiger partial charge in [-0.15, -0.1) is 0 Å². The smallest absolute Gasteiger partial charge is 0.255 e. The van der Waals surface area contributed by atoms with Crippen molar-refractivity contribution < 1.29 is 14.3 Å². The van der Waals surface area contributed by atoms with Gasteiger partial charge < -0.3 is 20.5 Å². The number of hydrogen-bond acceptors (Lipinski definition) is 4. The topological polar surface area (TPSA) is 73.6 Å². The average Bonchev–Trinajstić information content (AvgIpc) is 2.49. The fourth-order valence-electron chi connectivity index (χ4n) is 1.83. The number of benzene rings is 2. The van der Waals surface area contributed by atoms with Gasteiger partial charge in [0, 0.05) is 17.3 Å². The molecule has 2 aromatic rings. The normalized spacial score (nSPS) is 10.0. The van der Waals surface area contributed by atoms with Crippen LogP contribution in [0.2, 0.25) is 5.02 Å². The molecule has 0 saturated heterocycles. The Kier molecular flexibility index (Phi) is 4.55. The SMILES string of the molecule is COc1cccc(C(=O)Nc2c(Cl)cc(N)cc2OC)c1. The molecule has 5 nitrogen and oxygen atoms in total. The van der Waals surface area contributed by atoms with Crippen LogP contribution in [0.25, 0.3) is 0 Å². The van der Waals surface area contributed by atoms with Crippen LogP contribution < -0.4 is 20.5 Å². The van der Waals surface area contributed by atoms with Crippen molar-refractivity contribution >= 4 is 28.9 Å². The van der Waals surface area contributed by atoms with Crippen molar-refractivity contribution in [1.29, 1.82) is 0 Å². The number of nitrogen functional groups attached to an aromatic ring is 1. The van der Waals surface area contributed by atoms with Crippen molar-refractivity contribution in [3.63, 3.8) is 0 Å². The predicted molar refractivity (Wildman–Crippen MR) is 83.4 cm³/mol. The molecule has 3 N–H and O–H groups in total. The Morgan fingerprint density at radius 3 is 2.62 bits per heavy atom. The van der Waals surface area contributed by atoms with Crippen molar-refractivity contribution in [2.75, 3.05) is 25.3 Å². The van der Waals surface area contributed by atoms with Gasteiger partial charge in [-0.25, -0.2) is 0 Å². The number of rotatable bonds is 4. The van der Waals surface area contributed by atoms with Crippen LogP contribution in [0, 0.1) is 0 Å². The maximum Gasteiger partial charge on any atom is 0.255 e. The van der Waals surface area contributed by atoms with Crippen molar-refractivity contribution in [3.8, 4) is 11.5 Å². The Morgan fingerprint density at radius 2 is 1.95 bits per heavy atom. The number of anilines is 2. The lowest BCUT2D eigenvalue weighted by atomic mass is 10.2. The zero-order valence-electron chi connectivity index (χ0n) is 11.6. The third kappa shape index (κ3) is 3.38. The summed E-state index contributed by atoms with van der Waals surface area (Å²) in [6.45, 7) is 0. The van der Waals surface area contributed by atoms with Crippen LogP contribution >= 0.6 is 11.6 Å². The summed E-state index contributed by atoms with van der Waals surface area (Å²) in [4.78, 5) is 12.3. The molecule has 0 bridgehead atoms. The van der Waals surface area contributed by atoms with Crippen molar-refractivity contribution in [1.82, 2.24) is 0 Å². The third-order valence-corrected chi connectivity index (χ3v) is 3.16. The molecule has 0 atom stereocenters. The highest BCUT2D eigenvalue weighted by Crippen LogP contribution is 2.35. The molecule has 0 aliphatic carbocycles. The molecule has 0 radical (unpaired) electrons. The number of ether oxygens (including phenoxy) is 2. The average molecular weight is 307 g/mol. The summed E-state index contributed by atoms with van der Waals surface area (Å²) >= 11 is 6.10. The van der Waals surface area contributed by atoms with Gasteiger partial charge in [-0.1, -0.05) is 17.7 Å². The highest BCUT2D eigenvalue weighted by molar-refractivity contribution is 6.34. The Labute approximate surface area is 127 Å². The first kappa shape index (κ1) is 15.0. The van der Waals surface area contributed by atoms with E-state index in [-0.39, 0.29) is 5.91 Å². The second-order valence-corrected chi connectivity index (χ2v) is 4.67. The minimum Gasteiger partial charge on any atom is -0.497 e. The van der Waals surface area contributed by atoms with E-state index in [4.69, 9.17) is 26.8 Å². The maximum atomic E-state index is 12.3. The van der Waals surface area contributed by atoms with E-state index in [1.165, 1.54) is 14.2 Å². The molecule has 0 unspecified atom stereocenters. The van der Waals surface area contributed by atoms with Gasteiger partial charge in [0.2, 0.25) is 0 Å². The van der Waals surface area contributed by atoms with E-state index in [1.54, 1.807) is 36.4 Å². The molecule has 110 valence electrons. The number of carbonyl (C=O) groups excluding carboxylic acids is 1. The first-order valence-corrected chi connectivity index (χ1v) is 6.51. The lowest BCUT2D eigenvalue weighted by Crippen LogP contribution is -2.13. The Morgan fingerprint density at radius 1 is 1.19 bits per heavy atom. The summed E-state index contributed by atoms with van der Waals surface area (Å²) < 4.78 is 10.3. The molecule has 0 aromatic heterocycles. The van der Waals surface area contributed by atoms with Crippen molar-refractivity contribution in [3.05, 3.63) is 47.0 Å². The van der Waals surface area contributed by atoms with Crippen LogP contribution in [0.15, 0.2) is 36.4 Å². The van der Waals surface area contributed by atoms with E-state index in [9.17, 15) is 4.79 Å². The van der Waals surface area contributed by atoms with Crippen LogP contribution in [-0.4, -0.2) is 20.1 Å². The van der Waals surface area contributed by atoms with E-state index in [2.05, 4.69) is 5.32 Å². The Balaban J connectivity index is 2.31. The molecule has 0 aliphatic rings. The fourth-order valence-corrected chi connectivity index (χ4v) is 2.10. The summed E-state index contributed by atoms with van der Waals surface area (Å²) in [6.07, 6.45) is 0. The lowest BCUT2D eigenvalue weighted by Gasteiger charge is -2.13. The van der Waals surface area contributed by atoms with Crippen LogP contribution in [-0.2, 0) is 0 Å². The zero-order valence-corrected chi connectivity index (χ0v) is 12.4. The molecule has 0 saturated carbocycles. The summed E-state index contributed by atoms with van der Waals surface area (Å²) in [7, 11) is 3.02. The largest absolute Gasteiger partial charge is 0.497 e. The minimum absolute atomic E-state index is 0.308. The number of amides is 1. The van der Waals surface area contributed by atoms with Gasteiger partial charge in [-0.05, 0) is 24.3 Å². The van der Waals surface area contributed by atoms with Gasteiger partial charge in [-0.3, -0.25) is 4.79 Å². The monoisotopic (exact) mass is 306 g/mol. The molecule has 0 spiro atoms. The molecule has 0 aliphatic heterocycles. The highest BCUT2D eigenvalue weighted by atomic mass is 35.5. The second kappa shape index (κ2) is 6.37. The van der Waals surface area contributed by atoms with E-state index in [0.717, 1.165) is 0 Å². The van der Waals surface area contributed by atoms with Crippen molar-refractivity contribution in [2.24, 2.45) is 0 Å². The summed E-state index contributed by atoms with van der Waals surface area (Å²) in [5.74, 6) is 0.674. The van der Waals surface area contributed by atoms with Crippen LogP contribution in [0.4, 0.5) is 11.4 Å². The number of halogens is 1. The third-order valence-electron chi connectivity index (χ3n) is 2.87. The molecule has 21 heavy (non-hydrogen) atoms. The summed E-state index contributed by atoms with van der Waals surface area (Å²) in [5, 5.41) is 3.03. The van der Waals surface area contributed by atoms with Crippen LogP contribution in [0.3, 0.4) is 0 Å². The van der Waals surface area contributed by atoms with Gasteiger partial charge in [0.1, 0.15) is 17.2 Å². The quantitative estimate of drug-likeness (QED) is 0.851. The van der Waals surface area contributed by atoms with Gasteiger partial charge in [0.15, 0.2) is 0 Å². The van der Waals surface area contributed by atoms with E-state index in [1.807, 2.05) is 0 Å². The number of nitrogens with one attached hydrogen (secondary N) is 1. The fraction of sp³-hybridized carbons (Fsp3) is 0.133. The zero-order chi connectivity index (χ0) is 15.4. The lowest BCUT2D eigenvalue weighted by molar-refractivity contribution is 0.102. The first-order valence-electron chi connectivity index (χ1n) is 6.13. The molecule has 0 fully saturated rings. The summed E-state index contributed by atoms with van der Waals surface area (Å²) in [6, 6.07) is 9.93. The van der Waals surface area contributed by atoms with E-state index >= 15 is 0 Å². The van der Waals surface area contributed by atoms with Gasteiger partial charge >= 0.3 is 0 Å². The standard InChI is InChI=1S/C15H15ClN2O3/c1-20-11-5-3-4-9(6-11)15(19)18-14-12(16)7-10(17)8-13(14)21-2/h3-8H,17H2,1-2H3,(H,18,19). The molecule has 2 rings (SSSR count). The van der Waals surface area contributed by atoms with Crippen molar-refractivity contribution in [2.45, 2.75) is 0 Å². The van der Waals surface area contributed by atoms with Crippen LogP contribution in [0.1, 0.15) is 10.4 Å². The molecule has 6 heteroatoms. The second-order valence-electron chi connectivity index (χ2n) is 4.27. The first-order chi connectivity index (χ1) is 10.0. The van der Waals surface area contributed by atoms with E-state index < -0.39 is 0 Å². The molecular formula is C15H15ClN2O3. The number of nitrogens with two attached hydrogens (primary N) is 1. The molecular weight excluding hydrogens is 292 g/mol. The molecule has 1 amide bonds. The van der Waals surface area contributed by atoms with Crippen LogP contribution in [0.5, 0.6) is 11.5 Å². The van der Waals surface area contributed by atoms with E-state index in [0.29, 0.717) is 33.5 Å². The molecule has 0 heterocycles. The summed E-state index contributed by atoms with van der Waals surface area (Å²) in [5.41, 5.74) is 6.97. The Bertz CT molecular complexity index is 674.